The van der Waals surface area contributed by atoms with Gasteiger partial charge < -0.3 is 14.0 Å². The Kier molecular flexibility index (Phi) is 12.3. The average Bonchev–Trinajstić information content (AvgIpc) is 2.32. The number of esters is 2. The first-order valence-electron chi connectivity index (χ1n) is 5.70. The molecule has 20 heavy (non-hydrogen) atoms. The molecule has 7 nitrogen and oxygen atoms in total. The number of ether oxygens (including phenoxy) is 2. The van der Waals surface area contributed by atoms with E-state index in [1.54, 1.807) is 0 Å². The van der Waals surface area contributed by atoms with Crippen LogP contribution in [0.4, 0.5) is 0 Å². The Morgan fingerprint density at radius 3 is 2.40 bits per heavy atom. The van der Waals surface area contributed by atoms with Crippen LogP contribution in [0.25, 0.3) is 0 Å². The quantitative estimate of drug-likeness (QED) is 0.150. The smallest absolute Gasteiger partial charge is 0.747 e. The van der Waals surface area contributed by atoms with E-state index in [2.05, 4.69) is 11.3 Å². The largest absolute Gasteiger partial charge is 1.00 e. The van der Waals surface area contributed by atoms with Gasteiger partial charge in [0.15, 0.2) is 5.25 Å². The van der Waals surface area contributed by atoms with Crippen molar-refractivity contribution in [2.24, 2.45) is 0 Å². The van der Waals surface area contributed by atoms with E-state index in [1.165, 1.54) is 6.08 Å². The third-order valence-corrected chi connectivity index (χ3v) is 3.12. The minimum absolute atomic E-state index is 0. The van der Waals surface area contributed by atoms with Crippen molar-refractivity contribution in [3.05, 3.63) is 12.7 Å². The van der Waals surface area contributed by atoms with Gasteiger partial charge in [0.25, 0.3) is 0 Å². The molecule has 0 bridgehead atoms. The van der Waals surface area contributed by atoms with Gasteiger partial charge in [-0.2, -0.15) is 0 Å². The fourth-order valence-electron chi connectivity index (χ4n) is 1.08. The Hall–Kier alpha value is -0.410. The van der Waals surface area contributed by atoms with Crippen molar-refractivity contribution < 1.29 is 61.6 Å². The number of hydrogen-bond donors (Lipinski definition) is 0. The molecule has 0 aliphatic carbocycles. The summed E-state index contributed by atoms with van der Waals surface area (Å²) >= 11 is 0. The third-order valence-electron chi connectivity index (χ3n) is 2.07. The molecule has 0 saturated carbocycles. The summed E-state index contributed by atoms with van der Waals surface area (Å²) in [4.78, 5) is 22.7. The monoisotopic (exact) mass is 316 g/mol. The molecule has 1 unspecified atom stereocenters. The molecule has 0 radical (unpaired) electrons. The maximum atomic E-state index is 11.4. The first kappa shape index (κ1) is 21.9. The van der Waals surface area contributed by atoms with E-state index in [-0.39, 0.29) is 42.8 Å². The summed E-state index contributed by atoms with van der Waals surface area (Å²) in [5.41, 5.74) is 0. The summed E-state index contributed by atoms with van der Waals surface area (Å²) in [7, 11) is -4.98. The molecule has 0 aromatic carbocycles. The van der Waals surface area contributed by atoms with Crippen LogP contribution < -0.4 is 29.6 Å². The predicted molar refractivity (Wildman–Crippen MR) is 65.1 cm³/mol. The Labute approximate surface area is 140 Å². The molecule has 110 valence electrons. The van der Waals surface area contributed by atoms with Crippen LogP contribution in [-0.4, -0.2) is 43.4 Å². The zero-order chi connectivity index (χ0) is 14.9. The van der Waals surface area contributed by atoms with Gasteiger partial charge in [0.2, 0.25) is 0 Å². The molecular formula is C11H17NaO7S. The molecule has 0 aromatic rings. The van der Waals surface area contributed by atoms with Crippen molar-refractivity contribution in [1.29, 1.82) is 0 Å². The average molecular weight is 316 g/mol. The number of hydrogen-bond acceptors (Lipinski definition) is 7. The molecule has 0 aliphatic heterocycles. The Morgan fingerprint density at radius 2 is 1.95 bits per heavy atom. The minimum atomic E-state index is -4.98. The molecule has 0 aromatic heterocycles. The van der Waals surface area contributed by atoms with E-state index in [1.807, 2.05) is 6.92 Å². The van der Waals surface area contributed by atoms with Crippen LogP contribution in [-0.2, 0) is 29.2 Å². The Morgan fingerprint density at radius 1 is 1.35 bits per heavy atom. The number of unbranched alkanes of at least 4 members (excludes halogenated alkanes) is 1. The van der Waals surface area contributed by atoms with Crippen molar-refractivity contribution in [3.8, 4) is 0 Å². The van der Waals surface area contributed by atoms with E-state index in [9.17, 15) is 22.6 Å². The molecular weight excluding hydrogens is 299 g/mol. The van der Waals surface area contributed by atoms with Gasteiger partial charge in [0, 0.05) is 0 Å². The zero-order valence-electron chi connectivity index (χ0n) is 11.7. The van der Waals surface area contributed by atoms with Crippen LogP contribution >= 0.6 is 0 Å². The van der Waals surface area contributed by atoms with Crippen molar-refractivity contribution in [2.45, 2.75) is 31.4 Å². The summed E-state index contributed by atoms with van der Waals surface area (Å²) in [6.07, 6.45) is 1.77. The first-order valence-corrected chi connectivity index (χ1v) is 7.18. The molecule has 0 aliphatic rings. The van der Waals surface area contributed by atoms with Gasteiger partial charge in [-0.1, -0.05) is 26.0 Å². The van der Waals surface area contributed by atoms with Gasteiger partial charge in [-0.3, -0.25) is 9.59 Å². The minimum Gasteiger partial charge on any atom is -0.747 e. The normalized spacial score (nSPS) is 11.9. The molecule has 1 atom stereocenters. The van der Waals surface area contributed by atoms with Gasteiger partial charge in [0.1, 0.15) is 16.7 Å². The molecule has 9 heteroatoms. The molecule has 0 amide bonds. The zero-order valence-corrected chi connectivity index (χ0v) is 14.5. The summed E-state index contributed by atoms with van der Waals surface area (Å²) in [6, 6.07) is 0. The number of rotatable bonds is 9. The summed E-state index contributed by atoms with van der Waals surface area (Å²) in [6.45, 7) is 5.02. The second-order valence-electron chi connectivity index (χ2n) is 3.68. The van der Waals surface area contributed by atoms with Gasteiger partial charge in [0.05, 0.1) is 13.0 Å². The second kappa shape index (κ2) is 11.3. The standard InChI is InChI=1S/C11H18O7S.Na/c1-3-5-7-17-10(12)8-9(19(14,15)16)11(13)18-6-4-2;/h4,9H,2-3,5-8H2,1H3,(H,14,15,16);/q;+1/p-1. The summed E-state index contributed by atoms with van der Waals surface area (Å²) < 4.78 is 41.9. The molecule has 0 fully saturated rings. The fraction of sp³-hybridized carbons (Fsp3) is 0.636. The SMILES string of the molecule is C=CCOC(=O)C(CC(=O)OCCCC)S(=O)(=O)[O-].[Na+]. The predicted octanol–water partition coefficient (Wildman–Crippen LogP) is -2.63. The van der Waals surface area contributed by atoms with E-state index in [0.29, 0.717) is 6.42 Å². The number of carbonyl (C=O) groups excluding carboxylic acids is 2. The maximum Gasteiger partial charge on any atom is 1.00 e. The maximum absolute atomic E-state index is 11.4. The van der Waals surface area contributed by atoms with Crippen LogP contribution in [0.1, 0.15) is 26.2 Å². The van der Waals surface area contributed by atoms with Crippen LogP contribution in [0.15, 0.2) is 12.7 Å². The van der Waals surface area contributed by atoms with Crippen LogP contribution in [0.2, 0.25) is 0 Å². The van der Waals surface area contributed by atoms with E-state index in [0.717, 1.165) is 6.42 Å². The first-order chi connectivity index (χ1) is 8.82. The topological polar surface area (TPSA) is 110 Å². The van der Waals surface area contributed by atoms with E-state index < -0.39 is 33.7 Å². The van der Waals surface area contributed by atoms with Crippen molar-refractivity contribution in [2.75, 3.05) is 13.2 Å². The van der Waals surface area contributed by atoms with Crippen LogP contribution in [0.5, 0.6) is 0 Å². The Bertz CT molecular complexity index is 418. The van der Waals surface area contributed by atoms with Crippen molar-refractivity contribution in [3.63, 3.8) is 0 Å². The molecule has 0 rings (SSSR count). The second-order valence-corrected chi connectivity index (χ2v) is 5.23. The van der Waals surface area contributed by atoms with Crippen LogP contribution in [0, 0.1) is 0 Å². The van der Waals surface area contributed by atoms with Crippen LogP contribution in [0.3, 0.4) is 0 Å². The summed E-state index contributed by atoms with van der Waals surface area (Å²) in [5.74, 6) is -2.20. The third kappa shape index (κ3) is 9.49. The molecule has 0 spiro atoms. The fourth-order valence-corrected chi connectivity index (χ4v) is 1.72. The van der Waals surface area contributed by atoms with Gasteiger partial charge >= 0.3 is 41.5 Å². The van der Waals surface area contributed by atoms with Crippen molar-refractivity contribution in [1.82, 2.24) is 0 Å². The van der Waals surface area contributed by atoms with Gasteiger partial charge in [-0.05, 0) is 6.42 Å². The number of carbonyl (C=O) groups is 2. The van der Waals surface area contributed by atoms with Crippen molar-refractivity contribution >= 4 is 22.1 Å². The molecule has 0 N–H and O–H groups in total. The summed E-state index contributed by atoms with van der Waals surface area (Å²) in [5, 5.41) is -2.08. The molecule has 0 saturated heterocycles. The van der Waals surface area contributed by atoms with E-state index >= 15 is 0 Å². The Balaban J connectivity index is 0. The molecule has 0 heterocycles. The van der Waals surface area contributed by atoms with E-state index in [4.69, 9.17) is 4.74 Å². The van der Waals surface area contributed by atoms with Gasteiger partial charge in [-0.15, -0.1) is 0 Å². The van der Waals surface area contributed by atoms with Gasteiger partial charge in [-0.25, -0.2) is 8.42 Å².